The lowest BCUT2D eigenvalue weighted by Gasteiger charge is -2.31. The standard InChI is InChI=1S/C52H101NO7/c1-6-8-10-12-14-16-18-20-22-23-24-25-26-27-29-31-33-35-37-39-41-43-51(55)60-48(46-58-45-44-49(52(56)57)53(3,4)5)47-59-50(54)42-40-38-36-34-32-30-28-21-19-17-15-13-11-9-7-2/h48-49H,6-47H2,1-5H3/p+1. The van der Waals surface area contributed by atoms with E-state index in [-0.39, 0.29) is 36.2 Å². The Bertz CT molecular complexity index is 951. The topological polar surface area (TPSA) is 99.1 Å². The molecule has 0 aliphatic rings. The molecule has 0 spiro atoms. The molecule has 1 N–H and O–H groups in total. The summed E-state index contributed by atoms with van der Waals surface area (Å²) >= 11 is 0. The third-order valence-corrected chi connectivity index (χ3v) is 12.3. The average Bonchev–Trinajstić information content (AvgIpc) is 3.21. The molecule has 0 saturated heterocycles. The number of quaternary nitrogens is 1. The van der Waals surface area contributed by atoms with Crippen molar-refractivity contribution >= 4 is 17.9 Å². The summed E-state index contributed by atoms with van der Waals surface area (Å²) in [6.45, 7) is 4.80. The van der Waals surface area contributed by atoms with Crippen molar-refractivity contribution in [1.29, 1.82) is 0 Å². The number of aliphatic carboxylic acids is 1. The van der Waals surface area contributed by atoms with E-state index in [0.717, 1.165) is 38.5 Å². The molecule has 0 aliphatic carbocycles. The van der Waals surface area contributed by atoms with Gasteiger partial charge in [-0.25, -0.2) is 4.79 Å². The Morgan fingerprint density at radius 2 is 0.733 bits per heavy atom. The smallest absolute Gasteiger partial charge is 0.362 e. The van der Waals surface area contributed by atoms with Crippen LogP contribution < -0.4 is 0 Å². The Morgan fingerprint density at radius 3 is 1.03 bits per heavy atom. The van der Waals surface area contributed by atoms with Crippen molar-refractivity contribution in [2.24, 2.45) is 0 Å². The summed E-state index contributed by atoms with van der Waals surface area (Å²) in [4.78, 5) is 37.1. The van der Waals surface area contributed by atoms with Gasteiger partial charge in [-0.3, -0.25) is 9.59 Å². The summed E-state index contributed by atoms with van der Waals surface area (Å²) in [5.41, 5.74) is 0. The molecule has 60 heavy (non-hydrogen) atoms. The molecule has 0 aromatic carbocycles. The number of carboxylic acids is 1. The van der Waals surface area contributed by atoms with Gasteiger partial charge in [-0.2, -0.15) is 0 Å². The van der Waals surface area contributed by atoms with Gasteiger partial charge in [0.25, 0.3) is 0 Å². The van der Waals surface area contributed by atoms with Crippen LogP contribution in [0.2, 0.25) is 0 Å². The third-order valence-electron chi connectivity index (χ3n) is 12.3. The van der Waals surface area contributed by atoms with Crippen molar-refractivity contribution in [3.8, 4) is 0 Å². The number of esters is 2. The third kappa shape index (κ3) is 41.7. The van der Waals surface area contributed by atoms with Crippen LogP contribution in [0.3, 0.4) is 0 Å². The first-order valence-corrected chi connectivity index (χ1v) is 26.1. The second-order valence-electron chi connectivity index (χ2n) is 19.1. The molecule has 0 saturated carbocycles. The first-order chi connectivity index (χ1) is 29.1. The van der Waals surface area contributed by atoms with Crippen molar-refractivity contribution < 1.29 is 38.2 Å². The Morgan fingerprint density at radius 1 is 0.433 bits per heavy atom. The van der Waals surface area contributed by atoms with Gasteiger partial charge in [-0.1, -0.05) is 232 Å². The van der Waals surface area contributed by atoms with Gasteiger partial charge < -0.3 is 23.8 Å². The van der Waals surface area contributed by atoms with Gasteiger partial charge in [0.05, 0.1) is 34.4 Å². The van der Waals surface area contributed by atoms with Gasteiger partial charge in [0.15, 0.2) is 12.1 Å². The van der Waals surface area contributed by atoms with Crippen LogP contribution in [0.1, 0.15) is 264 Å². The number of hydrogen-bond acceptors (Lipinski definition) is 6. The normalized spacial score (nSPS) is 12.8. The van der Waals surface area contributed by atoms with Crippen LogP contribution in [0.4, 0.5) is 0 Å². The zero-order chi connectivity index (χ0) is 44.2. The maximum atomic E-state index is 12.8. The second kappa shape index (κ2) is 44.0. The fourth-order valence-electron chi connectivity index (χ4n) is 8.21. The minimum absolute atomic E-state index is 0.0414. The zero-order valence-corrected chi connectivity index (χ0v) is 40.7. The molecule has 0 rings (SSSR count). The summed E-state index contributed by atoms with van der Waals surface area (Å²) in [5.74, 6) is -1.44. The van der Waals surface area contributed by atoms with Gasteiger partial charge in [0, 0.05) is 19.3 Å². The van der Waals surface area contributed by atoms with E-state index in [1.807, 2.05) is 21.1 Å². The largest absolute Gasteiger partial charge is 0.477 e. The van der Waals surface area contributed by atoms with Crippen LogP contribution in [0.25, 0.3) is 0 Å². The summed E-state index contributed by atoms with van der Waals surface area (Å²) in [6.07, 6.45) is 47.2. The van der Waals surface area contributed by atoms with Crippen LogP contribution in [0, 0.1) is 0 Å². The highest BCUT2D eigenvalue weighted by Gasteiger charge is 2.31. The van der Waals surface area contributed by atoms with Crippen LogP contribution >= 0.6 is 0 Å². The molecular weight excluding hydrogens is 751 g/mol. The number of carbonyl (C=O) groups is 3. The summed E-state index contributed by atoms with van der Waals surface area (Å²) < 4.78 is 17.4. The van der Waals surface area contributed by atoms with Crippen LogP contribution in [0.15, 0.2) is 0 Å². The van der Waals surface area contributed by atoms with Gasteiger partial charge in [-0.05, 0) is 12.8 Å². The fourth-order valence-corrected chi connectivity index (χ4v) is 8.21. The van der Waals surface area contributed by atoms with E-state index in [1.54, 1.807) is 0 Å². The van der Waals surface area contributed by atoms with E-state index < -0.39 is 18.1 Å². The van der Waals surface area contributed by atoms with Crippen molar-refractivity contribution in [1.82, 2.24) is 0 Å². The van der Waals surface area contributed by atoms with Crippen LogP contribution in [0.5, 0.6) is 0 Å². The molecule has 2 unspecified atom stereocenters. The second-order valence-corrected chi connectivity index (χ2v) is 19.1. The van der Waals surface area contributed by atoms with E-state index in [0.29, 0.717) is 19.3 Å². The lowest BCUT2D eigenvalue weighted by atomic mass is 10.0. The lowest BCUT2D eigenvalue weighted by molar-refractivity contribution is -0.887. The maximum Gasteiger partial charge on any atom is 0.362 e. The Kier molecular flexibility index (Phi) is 42.7. The SMILES string of the molecule is CCCCCCCCCCCCCCCCCCCCCCCC(=O)OC(COCCC(C(=O)O)[N+](C)(C)C)COC(=O)CCCCCCCCCCCCCCCCC. The number of likely N-dealkylation sites (N-methyl/N-ethyl adjacent to an activating group) is 1. The summed E-state index contributed by atoms with van der Waals surface area (Å²) in [7, 11) is 5.55. The van der Waals surface area contributed by atoms with Crippen molar-refractivity contribution in [3.05, 3.63) is 0 Å². The van der Waals surface area contributed by atoms with E-state index in [9.17, 15) is 19.5 Å². The van der Waals surface area contributed by atoms with E-state index in [2.05, 4.69) is 13.8 Å². The number of nitrogens with zero attached hydrogens (tertiary/aromatic N) is 1. The molecule has 0 bridgehead atoms. The van der Waals surface area contributed by atoms with Crippen molar-refractivity contribution in [3.63, 3.8) is 0 Å². The van der Waals surface area contributed by atoms with Crippen molar-refractivity contribution in [2.45, 2.75) is 276 Å². The van der Waals surface area contributed by atoms with Gasteiger partial charge >= 0.3 is 17.9 Å². The molecular formula is C52H102NO7+. The number of hydrogen-bond donors (Lipinski definition) is 1. The quantitative estimate of drug-likeness (QED) is 0.0370. The van der Waals surface area contributed by atoms with E-state index in [4.69, 9.17) is 14.2 Å². The Hall–Kier alpha value is -1.67. The minimum atomic E-state index is -0.869. The van der Waals surface area contributed by atoms with Crippen LogP contribution in [-0.4, -0.2) is 80.6 Å². The van der Waals surface area contributed by atoms with Gasteiger partial charge in [0.1, 0.15) is 6.61 Å². The van der Waals surface area contributed by atoms with E-state index >= 15 is 0 Å². The molecule has 8 nitrogen and oxygen atoms in total. The minimum Gasteiger partial charge on any atom is -0.477 e. The van der Waals surface area contributed by atoms with Gasteiger partial charge in [0.2, 0.25) is 0 Å². The van der Waals surface area contributed by atoms with Gasteiger partial charge in [-0.15, -0.1) is 0 Å². The highest BCUT2D eigenvalue weighted by atomic mass is 16.6. The predicted molar refractivity (Wildman–Crippen MR) is 253 cm³/mol. The van der Waals surface area contributed by atoms with Crippen molar-refractivity contribution in [2.75, 3.05) is 41.0 Å². The number of carbonyl (C=O) groups excluding carboxylic acids is 2. The number of ether oxygens (including phenoxy) is 3. The number of rotatable bonds is 48. The molecule has 8 heteroatoms. The van der Waals surface area contributed by atoms with Crippen LogP contribution in [-0.2, 0) is 28.6 Å². The molecule has 0 radical (unpaired) electrons. The molecule has 356 valence electrons. The molecule has 0 aromatic rings. The maximum absolute atomic E-state index is 12.8. The Balaban J connectivity index is 4.17. The molecule has 2 atom stereocenters. The fraction of sp³-hybridized carbons (Fsp3) is 0.942. The molecule has 0 amide bonds. The number of carboxylic acid groups (broad SMARTS) is 1. The highest BCUT2D eigenvalue weighted by molar-refractivity contribution is 5.72. The van der Waals surface area contributed by atoms with E-state index in [1.165, 1.54) is 193 Å². The predicted octanol–water partition coefficient (Wildman–Crippen LogP) is 14.9. The highest BCUT2D eigenvalue weighted by Crippen LogP contribution is 2.17. The number of unbranched alkanes of at least 4 members (excludes halogenated alkanes) is 34. The molecule has 0 fully saturated rings. The first-order valence-electron chi connectivity index (χ1n) is 26.1. The molecule has 0 heterocycles. The molecule has 0 aromatic heterocycles. The zero-order valence-electron chi connectivity index (χ0n) is 40.7. The summed E-state index contributed by atoms with van der Waals surface area (Å²) in [6, 6.07) is -0.609. The lowest BCUT2D eigenvalue weighted by Crippen LogP contribution is -2.50. The summed E-state index contributed by atoms with van der Waals surface area (Å²) in [5, 5.41) is 9.65. The molecule has 0 aliphatic heterocycles. The first kappa shape index (κ1) is 58.3. The Labute approximate surface area is 372 Å². The average molecular weight is 853 g/mol. The monoisotopic (exact) mass is 853 g/mol.